The number of carbonyl (C=O) groups is 1. The van der Waals surface area contributed by atoms with Crippen LogP contribution in [0.3, 0.4) is 0 Å². The van der Waals surface area contributed by atoms with Gasteiger partial charge in [-0.3, -0.25) is 20.2 Å². The lowest BCUT2D eigenvalue weighted by atomic mass is 9.89. The molecule has 0 saturated heterocycles. The topological polar surface area (TPSA) is 151 Å². The maximum absolute atomic E-state index is 11.7. The third-order valence-electron chi connectivity index (χ3n) is 4.94. The van der Waals surface area contributed by atoms with Gasteiger partial charge in [0.25, 0.3) is 5.69 Å². The van der Waals surface area contributed by atoms with Gasteiger partial charge in [0.2, 0.25) is 0 Å². The molecule has 1 aliphatic carbocycles. The summed E-state index contributed by atoms with van der Waals surface area (Å²) >= 11 is 0. The Balaban J connectivity index is 1.97. The summed E-state index contributed by atoms with van der Waals surface area (Å²) in [5.74, 6) is -0.135. The van der Waals surface area contributed by atoms with Gasteiger partial charge in [-0.05, 0) is 28.8 Å². The van der Waals surface area contributed by atoms with Crippen molar-refractivity contribution < 1.29 is 14.5 Å². The molecule has 1 aromatic heterocycles. The summed E-state index contributed by atoms with van der Waals surface area (Å²) in [6.07, 6.45) is 3.89. The number of nitro benzene ring substituents is 1. The number of aromatic nitrogens is 4. The average Bonchev–Trinajstić information content (AvgIpc) is 3.15. The molecular weight excluding hydrogens is 366 g/mol. The first-order valence-electron chi connectivity index (χ1n) is 9.08. The molecule has 3 rings (SSSR count). The standard InChI is InChI=1S/C17H23N7O4/c1-28-15(25)10-23-17(20-21-22-23)16(19-14-8-3-2-7-13(14)18)11-5-4-6-12(9-11)24(26)27/h4-6,9,13-14,16,19H,2-3,7-8,10,18H2,1H3. The predicted octanol–water partition coefficient (Wildman–Crippen LogP) is 0.703. The molecule has 0 aliphatic heterocycles. The summed E-state index contributed by atoms with van der Waals surface area (Å²) in [6.45, 7) is -0.164. The number of hydrogen-bond donors (Lipinski definition) is 2. The Morgan fingerprint density at radius 2 is 2.25 bits per heavy atom. The van der Waals surface area contributed by atoms with Crippen molar-refractivity contribution in [3.8, 4) is 0 Å². The molecule has 0 spiro atoms. The van der Waals surface area contributed by atoms with Crippen molar-refractivity contribution in [2.45, 2.75) is 50.4 Å². The molecule has 3 unspecified atom stereocenters. The van der Waals surface area contributed by atoms with Gasteiger partial charge in [-0.2, -0.15) is 0 Å². The SMILES string of the molecule is COC(=O)Cn1nnnc1C(NC1CCCCC1N)c1cccc([N+](=O)[O-])c1. The maximum Gasteiger partial charge on any atom is 0.327 e. The van der Waals surface area contributed by atoms with Crippen molar-refractivity contribution in [2.24, 2.45) is 5.73 Å². The molecule has 3 N–H and O–H groups in total. The Hall–Kier alpha value is -2.92. The maximum atomic E-state index is 11.7. The molecule has 1 aliphatic rings. The van der Waals surface area contributed by atoms with Crippen LogP contribution in [0.25, 0.3) is 0 Å². The van der Waals surface area contributed by atoms with Gasteiger partial charge in [0.15, 0.2) is 5.82 Å². The zero-order valence-corrected chi connectivity index (χ0v) is 15.5. The van der Waals surface area contributed by atoms with E-state index in [9.17, 15) is 14.9 Å². The first-order valence-corrected chi connectivity index (χ1v) is 9.08. The molecule has 1 heterocycles. The second-order valence-corrected chi connectivity index (χ2v) is 6.78. The van der Waals surface area contributed by atoms with Crippen LogP contribution in [0.4, 0.5) is 5.69 Å². The Labute approximate surface area is 161 Å². The largest absolute Gasteiger partial charge is 0.468 e. The lowest BCUT2D eigenvalue weighted by Gasteiger charge is -2.32. The minimum atomic E-state index is -0.561. The fourth-order valence-corrected chi connectivity index (χ4v) is 3.44. The zero-order chi connectivity index (χ0) is 20.1. The lowest BCUT2D eigenvalue weighted by Crippen LogP contribution is -2.49. The highest BCUT2D eigenvalue weighted by atomic mass is 16.6. The number of hydrogen-bond acceptors (Lipinski definition) is 9. The number of esters is 1. The Morgan fingerprint density at radius 3 is 2.96 bits per heavy atom. The van der Waals surface area contributed by atoms with E-state index in [2.05, 4.69) is 20.8 Å². The molecular formula is C17H23N7O4. The molecule has 0 amide bonds. The summed E-state index contributed by atoms with van der Waals surface area (Å²) in [6, 6.07) is 5.66. The van der Waals surface area contributed by atoms with Crippen molar-refractivity contribution in [1.29, 1.82) is 0 Å². The van der Waals surface area contributed by atoms with Crippen LogP contribution in [0.2, 0.25) is 0 Å². The average molecular weight is 389 g/mol. The first kappa shape index (κ1) is 19.8. The summed E-state index contributed by atoms with van der Waals surface area (Å²) in [5, 5.41) is 26.3. The Morgan fingerprint density at radius 1 is 1.46 bits per heavy atom. The second-order valence-electron chi connectivity index (χ2n) is 6.78. The number of benzene rings is 1. The number of nitro groups is 1. The van der Waals surface area contributed by atoms with E-state index in [0.29, 0.717) is 11.4 Å². The summed E-state index contributed by atoms with van der Waals surface area (Å²) in [4.78, 5) is 22.5. The number of rotatable bonds is 7. The highest BCUT2D eigenvalue weighted by molar-refractivity contribution is 5.68. The Bertz CT molecular complexity index is 840. The quantitative estimate of drug-likeness (QED) is 0.396. The number of ether oxygens (including phenoxy) is 1. The van der Waals surface area contributed by atoms with Gasteiger partial charge in [0.05, 0.1) is 18.1 Å². The molecule has 3 atom stereocenters. The molecule has 150 valence electrons. The number of nitrogens with two attached hydrogens (primary N) is 1. The number of non-ortho nitro benzene ring substituents is 1. The van der Waals surface area contributed by atoms with E-state index in [1.54, 1.807) is 12.1 Å². The molecule has 2 aromatic rings. The number of carbonyl (C=O) groups excluding carboxylic acids is 1. The van der Waals surface area contributed by atoms with Gasteiger partial charge in [-0.15, -0.1) is 5.10 Å². The number of tetrazole rings is 1. The molecule has 1 saturated carbocycles. The number of nitrogens with zero attached hydrogens (tertiary/aromatic N) is 5. The van der Waals surface area contributed by atoms with Gasteiger partial charge in [0, 0.05) is 24.2 Å². The van der Waals surface area contributed by atoms with Crippen LogP contribution in [0.1, 0.15) is 43.1 Å². The minimum Gasteiger partial charge on any atom is -0.468 e. The predicted molar refractivity (Wildman–Crippen MR) is 98.1 cm³/mol. The highest BCUT2D eigenvalue weighted by Crippen LogP contribution is 2.27. The van der Waals surface area contributed by atoms with Gasteiger partial charge in [0.1, 0.15) is 6.54 Å². The van der Waals surface area contributed by atoms with Crippen molar-refractivity contribution in [3.63, 3.8) is 0 Å². The number of methoxy groups -OCH3 is 1. The van der Waals surface area contributed by atoms with Crippen LogP contribution in [0.15, 0.2) is 24.3 Å². The second kappa shape index (κ2) is 8.85. The van der Waals surface area contributed by atoms with E-state index in [0.717, 1.165) is 25.7 Å². The molecule has 0 radical (unpaired) electrons. The molecule has 28 heavy (non-hydrogen) atoms. The zero-order valence-electron chi connectivity index (χ0n) is 15.5. The van der Waals surface area contributed by atoms with Gasteiger partial charge < -0.3 is 10.5 Å². The number of nitrogens with one attached hydrogen (secondary N) is 1. The first-order chi connectivity index (χ1) is 13.5. The van der Waals surface area contributed by atoms with Crippen molar-refractivity contribution >= 4 is 11.7 Å². The fraction of sp³-hybridized carbons (Fsp3) is 0.529. The van der Waals surface area contributed by atoms with Crippen LogP contribution in [0, 0.1) is 10.1 Å². The highest BCUT2D eigenvalue weighted by Gasteiger charge is 2.30. The summed E-state index contributed by atoms with van der Waals surface area (Å²) in [7, 11) is 1.28. The van der Waals surface area contributed by atoms with Gasteiger partial charge >= 0.3 is 5.97 Å². The van der Waals surface area contributed by atoms with Crippen LogP contribution in [0.5, 0.6) is 0 Å². The van der Waals surface area contributed by atoms with Gasteiger partial charge in [-0.25, -0.2) is 4.68 Å². The summed E-state index contributed by atoms with van der Waals surface area (Å²) < 4.78 is 6.03. The molecule has 11 nitrogen and oxygen atoms in total. The van der Waals surface area contributed by atoms with Crippen LogP contribution in [-0.4, -0.2) is 50.3 Å². The third kappa shape index (κ3) is 4.49. The van der Waals surface area contributed by atoms with E-state index in [1.165, 1.54) is 23.9 Å². The Kier molecular flexibility index (Phi) is 6.26. The minimum absolute atomic E-state index is 0.00119. The molecule has 1 fully saturated rings. The van der Waals surface area contributed by atoms with E-state index < -0.39 is 16.9 Å². The molecule has 1 aromatic carbocycles. The normalized spacial score (nSPS) is 20.5. The monoisotopic (exact) mass is 389 g/mol. The van der Waals surface area contributed by atoms with Crippen molar-refractivity contribution in [1.82, 2.24) is 25.5 Å². The lowest BCUT2D eigenvalue weighted by molar-refractivity contribution is -0.384. The van der Waals surface area contributed by atoms with Crippen LogP contribution >= 0.6 is 0 Å². The van der Waals surface area contributed by atoms with E-state index in [1.807, 2.05) is 0 Å². The molecule has 0 bridgehead atoms. The van der Waals surface area contributed by atoms with Crippen LogP contribution < -0.4 is 11.1 Å². The van der Waals surface area contributed by atoms with Crippen molar-refractivity contribution in [3.05, 3.63) is 45.8 Å². The van der Waals surface area contributed by atoms with Crippen LogP contribution in [-0.2, 0) is 16.1 Å². The summed E-state index contributed by atoms with van der Waals surface area (Å²) in [5.41, 5.74) is 6.85. The smallest absolute Gasteiger partial charge is 0.327 e. The van der Waals surface area contributed by atoms with E-state index in [-0.39, 0.29) is 24.3 Å². The van der Waals surface area contributed by atoms with E-state index in [4.69, 9.17) is 10.5 Å². The van der Waals surface area contributed by atoms with Gasteiger partial charge in [-0.1, -0.05) is 25.0 Å². The van der Waals surface area contributed by atoms with E-state index >= 15 is 0 Å². The molecule has 11 heteroatoms. The van der Waals surface area contributed by atoms with Crippen molar-refractivity contribution in [2.75, 3.05) is 7.11 Å². The fourth-order valence-electron chi connectivity index (χ4n) is 3.44. The third-order valence-corrected chi connectivity index (χ3v) is 4.94.